The number of carbonyl (C=O) groups is 1. The summed E-state index contributed by atoms with van der Waals surface area (Å²) in [4.78, 5) is 13.7. The van der Waals surface area contributed by atoms with E-state index in [-0.39, 0.29) is 0 Å². The predicted octanol–water partition coefficient (Wildman–Crippen LogP) is 1.97. The third-order valence-corrected chi connectivity index (χ3v) is 2.85. The maximum Gasteiger partial charge on any atom is 0.223 e. The molecule has 1 fully saturated rings. The van der Waals surface area contributed by atoms with Gasteiger partial charge in [0.05, 0.1) is 0 Å². The van der Waals surface area contributed by atoms with E-state index in [1.807, 2.05) is 4.90 Å². The van der Waals surface area contributed by atoms with Gasteiger partial charge in [0, 0.05) is 19.5 Å². The Kier molecular flexibility index (Phi) is 2.38. The molecule has 1 aliphatic carbocycles. The SMILES string of the molecule is CC1=CCCN(C(=O)CC2CC2)C1. The van der Waals surface area contributed by atoms with Crippen LogP contribution in [0.25, 0.3) is 0 Å². The minimum absolute atomic E-state index is 0.370. The summed E-state index contributed by atoms with van der Waals surface area (Å²) >= 11 is 0. The molecular weight excluding hydrogens is 162 g/mol. The van der Waals surface area contributed by atoms with E-state index in [1.165, 1.54) is 18.4 Å². The van der Waals surface area contributed by atoms with Crippen LogP contribution >= 0.6 is 0 Å². The van der Waals surface area contributed by atoms with Crippen molar-refractivity contribution >= 4 is 5.91 Å². The molecule has 0 radical (unpaired) electrons. The van der Waals surface area contributed by atoms with Crippen molar-refractivity contribution in [2.45, 2.75) is 32.6 Å². The third-order valence-electron chi connectivity index (χ3n) is 2.85. The molecule has 0 spiro atoms. The molecule has 0 atom stereocenters. The highest BCUT2D eigenvalue weighted by Gasteiger charge is 2.27. The quantitative estimate of drug-likeness (QED) is 0.593. The molecule has 0 aromatic rings. The van der Waals surface area contributed by atoms with Crippen molar-refractivity contribution in [3.63, 3.8) is 0 Å². The Morgan fingerprint density at radius 2 is 2.38 bits per heavy atom. The van der Waals surface area contributed by atoms with Gasteiger partial charge in [0.15, 0.2) is 0 Å². The highest BCUT2D eigenvalue weighted by atomic mass is 16.2. The molecule has 13 heavy (non-hydrogen) atoms. The Morgan fingerprint density at radius 3 is 3.00 bits per heavy atom. The average molecular weight is 179 g/mol. The molecule has 2 heteroatoms. The minimum Gasteiger partial charge on any atom is -0.338 e. The fourth-order valence-corrected chi connectivity index (χ4v) is 1.82. The fourth-order valence-electron chi connectivity index (χ4n) is 1.82. The van der Waals surface area contributed by atoms with Gasteiger partial charge in [-0.3, -0.25) is 4.79 Å². The van der Waals surface area contributed by atoms with E-state index in [9.17, 15) is 4.79 Å². The van der Waals surface area contributed by atoms with E-state index in [4.69, 9.17) is 0 Å². The summed E-state index contributed by atoms with van der Waals surface area (Å²) in [6, 6.07) is 0. The van der Waals surface area contributed by atoms with Crippen molar-refractivity contribution in [1.29, 1.82) is 0 Å². The Labute approximate surface area is 79.6 Å². The van der Waals surface area contributed by atoms with E-state index in [0.29, 0.717) is 5.91 Å². The number of amides is 1. The molecule has 1 saturated carbocycles. The van der Waals surface area contributed by atoms with Crippen molar-refractivity contribution in [3.8, 4) is 0 Å². The Balaban J connectivity index is 1.85. The fraction of sp³-hybridized carbons (Fsp3) is 0.727. The van der Waals surface area contributed by atoms with Crippen LogP contribution in [-0.4, -0.2) is 23.9 Å². The van der Waals surface area contributed by atoms with E-state index in [1.54, 1.807) is 0 Å². The highest BCUT2D eigenvalue weighted by molar-refractivity contribution is 5.77. The Bertz CT molecular complexity index is 240. The van der Waals surface area contributed by atoms with Crippen molar-refractivity contribution in [2.24, 2.45) is 5.92 Å². The standard InChI is InChI=1S/C11H17NO/c1-9-3-2-6-12(8-9)11(13)7-10-4-5-10/h3,10H,2,4-8H2,1H3. The molecule has 72 valence electrons. The smallest absolute Gasteiger partial charge is 0.223 e. The third kappa shape index (κ3) is 2.33. The second-order valence-electron chi connectivity index (χ2n) is 4.30. The summed E-state index contributed by atoms with van der Waals surface area (Å²) < 4.78 is 0. The number of carbonyl (C=O) groups excluding carboxylic acids is 1. The lowest BCUT2D eigenvalue weighted by molar-refractivity contribution is -0.131. The Morgan fingerprint density at radius 1 is 1.62 bits per heavy atom. The maximum absolute atomic E-state index is 11.7. The monoisotopic (exact) mass is 179 g/mol. The maximum atomic E-state index is 11.7. The molecule has 0 N–H and O–H groups in total. The molecular formula is C11H17NO. The van der Waals surface area contributed by atoms with Gasteiger partial charge in [-0.05, 0) is 32.1 Å². The number of nitrogens with zero attached hydrogens (tertiary/aromatic N) is 1. The summed E-state index contributed by atoms with van der Waals surface area (Å²) in [5, 5.41) is 0. The van der Waals surface area contributed by atoms with Crippen LogP contribution in [-0.2, 0) is 4.79 Å². The molecule has 2 aliphatic rings. The lowest BCUT2D eigenvalue weighted by Gasteiger charge is -2.26. The first kappa shape index (κ1) is 8.79. The van der Waals surface area contributed by atoms with Gasteiger partial charge in [0.25, 0.3) is 0 Å². The van der Waals surface area contributed by atoms with Gasteiger partial charge in [0.1, 0.15) is 0 Å². The van der Waals surface area contributed by atoms with Crippen LogP contribution in [0.1, 0.15) is 32.6 Å². The van der Waals surface area contributed by atoms with E-state index in [2.05, 4.69) is 13.0 Å². The molecule has 1 aliphatic heterocycles. The van der Waals surface area contributed by atoms with Gasteiger partial charge in [0.2, 0.25) is 5.91 Å². The summed E-state index contributed by atoms with van der Waals surface area (Å²) in [6.45, 7) is 3.91. The summed E-state index contributed by atoms with van der Waals surface area (Å²) in [5.74, 6) is 1.09. The molecule has 2 nitrogen and oxygen atoms in total. The zero-order valence-electron chi connectivity index (χ0n) is 8.25. The highest BCUT2D eigenvalue weighted by Crippen LogP contribution is 2.33. The largest absolute Gasteiger partial charge is 0.338 e. The van der Waals surface area contributed by atoms with E-state index >= 15 is 0 Å². The zero-order chi connectivity index (χ0) is 9.26. The van der Waals surface area contributed by atoms with E-state index in [0.717, 1.165) is 31.8 Å². The summed E-state index contributed by atoms with van der Waals surface area (Å²) in [5.41, 5.74) is 1.34. The van der Waals surface area contributed by atoms with Gasteiger partial charge in [-0.1, -0.05) is 11.6 Å². The molecule has 0 aromatic heterocycles. The minimum atomic E-state index is 0.370. The van der Waals surface area contributed by atoms with Gasteiger partial charge in [-0.15, -0.1) is 0 Å². The average Bonchev–Trinajstić information content (AvgIpc) is 2.88. The molecule has 0 aromatic carbocycles. The van der Waals surface area contributed by atoms with Crippen molar-refractivity contribution in [2.75, 3.05) is 13.1 Å². The molecule has 0 bridgehead atoms. The predicted molar refractivity (Wildman–Crippen MR) is 52.3 cm³/mol. The first-order valence-corrected chi connectivity index (χ1v) is 5.19. The molecule has 1 heterocycles. The van der Waals surface area contributed by atoms with Crippen LogP contribution in [0.15, 0.2) is 11.6 Å². The second kappa shape index (κ2) is 3.52. The number of hydrogen-bond donors (Lipinski definition) is 0. The molecule has 0 unspecified atom stereocenters. The van der Waals surface area contributed by atoms with E-state index < -0.39 is 0 Å². The molecule has 2 rings (SSSR count). The van der Waals surface area contributed by atoms with Gasteiger partial charge < -0.3 is 4.90 Å². The Hall–Kier alpha value is -0.790. The second-order valence-corrected chi connectivity index (χ2v) is 4.30. The number of rotatable bonds is 2. The van der Waals surface area contributed by atoms with Crippen molar-refractivity contribution in [3.05, 3.63) is 11.6 Å². The molecule has 1 amide bonds. The number of hydrogen-bond acceptors (Lipinski definition) is 1. The van der Waals surface area contributed by atoms with Crippen molar-refractivity contribution in [1.82, 2.24) is 4.90 Å². The van der Waals surface area contributed by atoms with Crippen LogP contribution in [0.3, 0.4) is 0 Å². The molecule has 0 saturated heterocycles. The lowest BCUT2D eigenvalue weighted by atomic mass is 10.1. The first-order valence-electron chi connectivity index (χ1n) is 5.19. The zero-order valence-corrected chi connectivity index (χ0v) is 8.25. The van der Waals surface area contributed by atoms with Crippen LogP contribution in [0, 0.1) is 5.92 Å². The van der Waals surface area contributed by atoms with Gasteiger partial charge in [-0.25, -0.2) is 0 Å². The topological polar surface area (TPSA) is 20.3 Å². The summed E-state index contributed by atoms with van der Waals surface area (Å²) in [6.07, 6.45) is 6.62. The summed E-state index contributed by atoms with van der Waals surface area (Å²) in [7, 11) is 0. The van der Waals surface area contributed by atoms with Crippen LogP contribution < -0.4 is 0 Å². The van der Waals surface area contributed by atoms with Gasteiger partial charge >= 0.3 is 0 Å². The first-order chi connectivity index (χ1) is 6.25. The van der Waals surface area contributed by atoms with Crippen molar-refractivity contribution < 1.29 is 4.79 Å². The van der Waals surface area contributed by atoms with Crippen LogP contribution in [0.4, 0.5) is 0 Å². The van der Waals surface area contributed by atoms with Gasteiger partial charge in [-0.2, -0.15) is 0 Å². The van der Waals surface area contributed by atoms with Crippen LogP contribution in [0.5, 0.6) is 0 Å². The van der Waals surface area contributed by atoms with Crippen LogP contribution in [0.2, 0.25) is 0 Å². The lowest BCUT2D eigenvalue weighted by Crippen LogP contribution is -2.35. The normalized spacial score (nSPS) is 22.8.